The minimum absolute atomic E-state index is 0.120. The van der Waals surface area contributed by atoms with E-state index in [0.717, 1.165) is 47.0 Å². The van der Waals surface area contributed by atoms with Crippen LogP contribution in [-0.4, -0.2) is 44.3 Å². The molecule has 0 bridgehead atoms. The van der Waals surface area contributed by atoms with E-state index in [1.54, 1.807) is 24.3 Å². The van der Waals surface area contributed by atoms with Crippen molar-refractivity contribution >= 4 is 27.5 Å². The molecule has 0 fully saturated rings. The van der Waals surface area contributed by atoms with Gasteiger partial charge in [0.15, 0.2) is 0 Å². The molecule has 44 heavy (non-hydrogen) atoms. The van der Waals surface area contributed by atoms with Crippen molar-refractivity contribution in [2.24, 2.45) is 0 Å². The Morgan fingerprint density at radius 1 is 0.818 bits per heavy atom. The number of rotatable bonds is 14. The first-order valence-electron chi connectivity index (χ1n) is 14.4. The predicted molar refractivity (Wildman–Crippen MR) is 166 cm³/mol. The topological polar surface area (TPSA) is 86.8 Å². The number of benzene rings is 4. The van der Waals surface area contributed by atoms with Crippen LogP contribution in [0.2, 0.25) is 0 Å². The van der Waals surface area contributed by atoms with Gasteiger partial charge in [0, 0.05) is 25.1 Å². The third-order valence-electron chi connectivity index (χ3n) is 7.12. The van der Waals surface area contributed by atoms with Crippen molar-refractivity contribution in [2.45, 2.75) is 43.7 Å². The molecule has 1 atom stereocenters. The molecule has 0 aliphatic rings. The summed E-state index contributed by atoms with van der Waals surface area (Å²) in [6, 6.07) is 26.3. The summed E-state index contributed by atoms with van der Waals surface area (Å²) < 4.78 is 57.3. The monoisotopic (exact) mass is 619 g/mol. The Balaban J connectivity index is 1.78. The number of nitrogens with zero attached hydrogens (tertiary/aromatic N) is 2. The third-order valence-corrected chi connectivity index (χ3v) is 8.91. The van der Waals surface area contributed by atoms with Crippen LogP contribution >= 0.6 is 0 Å². The highest BCUT2D eigenvalue weighted by atomic mass is 32.2. The van der Waals surface area contributed by atoms with Crippen molar-refractivity contribution < 1.29 is 26.8 Å². The minimum Gasteiger partial charge on any atom is -0.354 e. The van der Waals surface area contributed by atoms with Gasteiger partial charge in [-0.3, -0.25) is 13.9 Å². The Hall–Kier alpha value is -4.57. The first-order valence-corrected chi connectivity index (χ1v) is 15.8. The smallest absolute Gasteiger partial charge is 0.264 e. The molecule has 0 saturated heterocycles. The first kappa shape index (κ1) is 32.3. The molecular formula is C34H35F2N3O4S. The van der Waals surface area contributed by atoms with Crippen molar-refractivity contribution in [3.8, 4) is 0 Å². The highest BCUT2D eigenvalue weighted by Gasteiger charge is 2.35. The fourth-order valence-corrected chi connectivity index (χ4v) is 6.14. The number of unbranched alkanes of at least 4 members (excludes halogenated alkanes) is 1. The number of para-hydroxylation sites is 1. The number of carbonyl (C=O) groups is 2. The number of carbonyl (C=O) groups excluding carboxylic acids is 2. The van der Waals surface area contributed by atoms with E-state index >= 15 is 0 Å². The van der Waals surface area contributed by atoms with E-state index in [4.69, 9.17) is 0 Å². The molecule has 0 unspecified atom stereocenters. The van der Waals surface area contributed by atoms with Gasteiger partial charge in [0.05, 0.1) is 10.6 Å². The van der Waals surface area contributed by atoms with Crippen molar-refractivity contribution in [2.75, 3.05) is 17.4 Å². The lowest BCUT2D eigenvalue weighted by Gasteiger charge is -2.34. The Morgan fingerprint density at radius 2 is 1.43 bits per heavy atom. The molecule has 1 N–H and O–H groups in total. The lowest BCUT2D eigenvalue weighted by atomic mass is 10.0. The maximum atomic E-state index is 14.9. The Labute approximate surface area is 257 Å². The van der Waals surface area contributed by atoms with Crippen LogP contribution in [0.5, 0.6) is 0 Å². The van der Waals surface area contributed by atoms with Crippen LogP contribution in [-0.2, 0) is 32.6 Å². The lowest BCUT2D eigenvalue weighted by Crippen LogP contribution is -2.53. The van der Waals surface area contributed by atoms with Crippen LogP contribution in [0, 0.1) is 11.6 Å². The van der Waals surface area contributed by atoms with Crippen LogP contribution in [0.1, 0.15) is 30.9 Å². The molecule has 7 nitrogen and oxygen atoms in total. The van der Waals surface area contributed by atoms with Gasteiger partial charge in [0.1, 0.15) is 24.2 Å². The van der Waals surface area contributed by atoms with E-state index < -0.39 is 46.1 Å². The molecule has 0 heterocycles. The zero-order valence-corrected chi connectivity index (χ0v) is 25.2. The summed E-state index contributed by atoms with van der Waals surface area (Å²) in [4.78, 5) is 29.0. The number of nitrogens with one attached hydrogen (secondary N) is 1. The van der Waals surface area contributed by atoms with Crippen LogP contribution < -0.4 is 9.62 Å². The Kier molecular flexibility index (Phi) is 11.2. The number of anilines is 1. The summed E-state index contributed by atoms with van der Waals surface area (Å²) in [6.45, 7) is 1.41. The predicted octanol–water partition coefficient (Wildman–Crippen LogP) is 5.72. The van der Waals surface area contributed by atoms with Crippen LogP contribution in [0.4, 0.5) is 14.5 Å². The quantitative estimate of drug-likeness (QED) is 0.183. The minimum atomic E-state index is -4.36. The van der Waals surface area contributed by atoms with Gasteiger partial charge in [0.25, 0.3) is 10.0 Å². The molecule has 0 saturated carbocycles. The summed E-state index contributed by atoms with van der Waals surface area (Å²) in [7, 11) is -4.36. The molecule has 4 aromatic carbocycles. The summed E-state index contributed by atoms with van der Waals surface area (Å²) in [5.74, 6) is -2.32. The summed E-state index contributed by atoms with van der Waals surface area (Å²) in [5, 5.41) is 2.89. The maximum absolute atomic E-state index is 14.9. The summed E-state index contributed by atoms with van der Waals surface area (Å²) in [6.07, 6.45) is 1.69. The van der Waals surface area contributed by atoms with Gasteiger partial charge in [-0.25, -0.2) is 17.2 Å². The van der Waals surface area contributed by atoms with E-state index in [2.05, 4.69) is 5.32 Å². The number of amides is 2. The Morgan fingerprint density at radius 3 is 2.07 bits per heavy atom. The second-order valence-corrected chi connectivity index (χ2v) is 12.1. The molecule has 0 aliphatic heterocycles. The largest absolute Gasteiger partial charge is 0.354 e. The van der Waals surface area contributed by atoms with E-state index in [1.807, 2.05) is 37.3 Å². The molecule has 10 heteroatoms. The molecule has 4 aromatic rings. The van der Waals surface area contributed by atoms with E-state index in [1.165, 1.54) is 35.2 Å². The Bertz CT molecular complexity index is 1640. The molecule has 4 rings (SSSR count). The van der Waals surface area contributed by atoms with E-state index in [-0.39, 0.29) is 29.1 Å². The second kappa shape index (κ2) is 15.2. The van der Waals surface area contributed by atoms with Gasteiger partial charge >= 0.3 is 0 Å². The highest BCUT2D eigenvalue weighted by Crippen LogP contribution is 2.25. The molecule has 0 radical (unpaired) electrons. The standard InChI is InChI=1S/C34H35F2N3O4S/c1-2-3-22-37-34(41)32(23-26-12-6-4-7-13-26)38(24-27-14-10-11-17-31(27)36)33(40)25-39(29-15-8-5-9-16-29)44(42,43)30-20-18-28(35)19-21-30/h4-21,32H,2-3,22-25H2,1H3,(H,37,41)/t32-/m0/s1. The van der Waals surface area contributed by atoms with Crippen molar-refractivity contribution in [3.05, 3.63) is 132 Å². The first-order chi connectivity index (χ1) is 21.2. The van der Waals surface area contributed by atoms with E-state index in [9.17, 15) is 26.8 Å². The van der Waals surface area contributed by atoms with Gasteiger partial charge in [-0.2, -0.15) is 0 Å². The average molecular weight is 620 g/mol. The molecule has 230 valence electrons. The second-order valence-electron chi connectivity index (χ2n) is 10.3. The molecular weight excluding hydrogens is 584 g/mol. The number of hydrogen-bond acceptors (Lipinski definition) is 4. The van der Waals surface area contributed by atoms with Crippen LogP contribution in [0.25, 0.3) is 0 Å². The third kappa shape index (κ3) is 8.29. The SMILES string of the molecule is CCCCNC(=O)[C@H](Cc1ccccc1)N(Cc1ccccc1F)C(=O)CN(c1ccccc1)S(=O)(=O)c1ccc(F)cc1. The fraction of sp³-hybridized carbons (Fsp3) is 0.235. The number of hydrogen-bond donors (Lipinski definition) is 1. The van der Waals surface area contributed by atoms with Gasteiger partial charge in [-0.1, -0.05) is 80.1 Å². The number of sulfonamides is 1. The maximum Gasteiger partial charge on any atom is 0.264 e. The van der Waals surface area contributed by atoms with Crippen molar-refractivity contribution in [1.82, 2.24) is 10.2 Å². The van der Waals surface area contributed by atoms with Gasteiger partial charge in [-0.05, 0) is 54.4 Å². The van der Waals surface area contributed by atoms with E-state index in [0.29, 0.717) is 6.54 Å². The highest BCUT2D eigenvalue weighted by molar-refractivity contribution is 7.92. The van der Waals surface area contributed by atoms with Gasteiger partial charge in [-0.15, -0.1) is 0 Å². The van der Waals surface area contributed by atoms with Gasteiger partial charge in [0.2, 0.25) is 11.8 Å². The molecule has 0 aliphatic carbocycles. The molecule has 2 amide bonds. The summed E-state index contributed by atoms with van der Waals surface area (Å²) in [5.41, 5.74) is 1.14. The van der Waals surface area contributed by atoms with Gasteiger partial charge < -0.3 is 10.2 Å². The lowest BCUT2D eigenvalue weighted by molar-refractivity contribution is -0.140. The van der Waals surface area contributed by atoms with Crippen LogP contribution in [0.3, 0.4) is 0 Å². The number of halogens is 2. The van der Waals surface area contributed by atoms with Crippen molar-refractivity contribution in [1.29, 1.82) is 0 Å². The normalized spacial score (nSPS) is 11.9. The average Bonchev–Trinajstić information content (AvgIpc) is 3.03. The molecule has 0 aromatic heterocycles. The summed E-state index contributed by atoms with van der Waals surface area (Å²) >= 11 is 0. The fourth-order valence-electron chi connectivity index (χ4n) is 4.73. The van der Waals surface area contributed by atoms with Crippen LogP contribution in [0.15, 0.2) is 114 Å². The molecule has 0 spiro atoms. The zero-order valence-electron chi connectivity index (χ0n) is 24.4. The zero-order chi connectivity index (χ0) is 31.5. The van der Waals surface area contributed by atoms with Crippen molar-refractivity contribution in [3.63, 3.8) is 0 Å².